The number of aromatic nitrogens is 2. The lowest BCUT2D eigenvalue weighted by Gasteiger charge is -2.34. The third-order valence-electron chi connectivity index (χ3n) is 7.69. The molecular weight excluding hydrogens is 540 g/mol. The standard InChI is InChI=1S/C27H34N4O6S2/c1-3-21-8-6-7-17-31(21)39(34,35)23-13-11-22(12-14-23)38(32,33)30-18-15-20(16-19-30)26-28-29-27(37-26)24-9-4-5-10-25(24)36-2/h4-5,9-14,20-21H,3,6-8,15-19H2,1-2H3. The second-order valence-corrected chi connectivity index (χ2v) is 13.8. The summed E-state index contributed by atoms with van der Waals surface area (Å²) in [5.74, 6) is 1.41. The van der Waals surface area contributed by atoms with Crippen molar-refractivity contribution in [2.45, 2.75) is 67.2 Å². The molecule has 210 valence electrons. The monoisotopic (exact) mass is 574 g/mol. The quantitative estimate of drug-likeness (QED) is 0.391. The summed E-state index contributed by atoms with van der Waals surface area (Å²) in [5, 5.41) is 8.39. The van der Waals surface area contributed by atoms with E-state index in [1.54, 1.807) is 11.4 Å². The van der Waals surface area contributed by atoms with E-state index >= 15 is 0 Å². The largest absolute Gasteiger partial charge is 0.496 e. The number of para-hydroxylation sites is 1. The average molecular weight is 575 g/mol. The van der Waals surface area contributed by atoms with E-state index in [2.05, 4.69) is 10.2 Å². The normalized spacial score (nSPS) is 20.2. The minimum atomic E-state index is -3.78. The van der Waals surface area contributed by atoms with E-state index < -0.39 is 20.0 Å². The van der Waals surface area contributed by atoms with Crippen molar-refractivity contribution < 1.29 is 26.0 Å². The van der Waals surface area contributed by atoms with Crippen LogP contribution in [0.25, 0.3) is 11.5 Å². The van der Waals surface area contributed by atoms with Gasteiger partial charge in [-0.15, -0.1) is 10.2 Å². The molecule has 2 fully saturated rings. The van der Waals surface area contributed by atoms with Crippen LogP contribution in [0.2, 0.25) is 0 Å². The van der Waals surface area contributed by atoms with Crippen molar-refractivity contribution in [1.29, 1.82) is 0 Å². The summed E-state index contributed by atoms with van der Waals surface area (Å²) in [7, 11) is -5.87. The van der Waals surface area contributed by atoms with Gasteiger partial charge in [-0.2, -0.15) is 8.61 Å². The highest BCUT2D eigenvalue weighted by molar-refractivity contribution is 7.89. The van der Waals surface area contributed by atoms with Crippen LogP contribution in [0.3, 0.4) is 0 Å². The minimum Gasteiger partial charge on any atom is -0.496 e. The van der Waals surface area contributed by atoms with Crippen LogP contribution in [-0.4, -0.2) is 68.4 Å². The highest BCUT2D eigenvalue weighted by atomic mass is 32.2. The van der Waals surface area contributed by atoms with Crippen LogP contribution in [0.1, 0.15) is 57.3 Å². The van der Waals surface area contributed by atoms with Gasteiger partial charge < -0.3 is 9.15 Å². The predicted molar refractivity (Wildman–Crippen MR) is 145 cm³/mol. The Morgan fingerprint density at radius 2 is 1.54 bits per heavy atom. The maximum Gasteiger partial charge on any atom is 0.251 e. The number of hydrogen-bond acceptors (Lipinski definition) is 8. The van der Waals surface area contributed by atoms with E-state index in [0.717, 1.165) is 25.7 Å². The molecule has 2 aromatic carbocycles. The van der Waals surface area contributed by atoms with Gasteiger partial charge in [-0.3, -0.25) is 0 Å². The van der Waals surface area contributed by atoms with Crippen molar-refractivity contribution in [3.63, 3.8) is 0 Å². The van der Waals surface area contributed by atoms with E-state index in [4.69, 9.17) is 9.15 Å². The molecule has 1 unspecified atom stereocenters. The van der Waals surface area contributed by atoms with E-state index in [1.807, 2.05) is 31.2 Å². The van der Waals surface area contributed by atoms with Gasteiger partial charge in [-0.1, -0.05) is 25.5 Å². The number of hydrogen-bond donors (Lipinski definition) is 0. The van der Waals surface area contributed by atoms with Crippen LogP contribution in [0.15, 0.2) is 62.7 Å². The Hall–Kier alpha value is -2.80. The minimum absolute atomic E-state index is 0.0156. The van der Waals surface area contributed by atoms with Crippen LogP contribution in [0.4, 0.5) is 0 Å². The fourth-order valence-corrected chi connectivity index (χ4v) is 8.68. The van der Waals surface area contributed by atoms with Gasteiger partial charge in [0.15, 0.2) is 0 Å². The molecule has 2 aliphatic rings. The van der Waals surface area contributed by atoms with E-state index in [1.165, 1.54) is 28.6 Å². The maximum absolute atomic E-state index is 13.4. The molecule has 2 aliphatic heterocycles. The molecule has 5 rings (SSSR count). The van der Waals surface area contributed by atoms with Gasteiger partial charge in [0.2, 0.25) is 25.9 Å². The van der Waals surface area contributed by atoms with Crippen molar-refractivity contribution in [3.8, 4) is 17.2 Å². The smallest absolute Gasteiger partial charge is 0.251 e. The highest BCUT2D eigenvalue weighted by Crippen LogP contribution is 2.34. The molecule has 0 amide bonds. The lowest BCUT2D eigenvalue weighted by atomic mass is 9.98. The third-order valence-corrected chi connectivity index (χ3v) is 11.6. The summed E-state index contributed by atoms with van der Waals surface area (Å²) in [5.41, 5.74) is 0.703. The van der Waals surface area contributed by atoms with Gasteiger partial charge in [0.05, 0.1) is 22.5 Å². The maximum atomic E-state index is 13.4. The van der Waals surface area contributed by atoms with Gasteiger partial charge in [0, 0.05) is 31.6 Å². The van der Waals surface area contributed by atoms with E-state index in [9.17, 15) is 16.8 Å². The summed E-state index contributed by atoms with van der Waals surface area (Å²) in [6.45, 7) is 3.09. The molecule has 2 saturated heterocycles. The molecule has 0 saturated carbocycles. The molecule has 0 bridgehead atoms. The second-order valence-electron chi connectivity index (χ2n) is 9.97. The second kappa shape index (κ2) is 11.4. The molecule has 1 aromatic heterocycles. The first kappa shape index (κ1) is 27.8. The number of piperidine rings is 2. The van der Waals surface area contributed by atoms with Crippen molar-refractivity contribution in [2.24, 2.45) is 0 Å². The molecule has 3 aromatic rings. The third kappa shape index (κ3) is 5.47. The summed E-state index contributed by atoms with van der Waals surface area (Å²) >= 11 is 0. The molecule has 0 N–H and O–H groups in total. The Kier molecular flexibility index (Phi) is 8.08. The number of ether oxygens (including phenoxy) is 1. The van der Waals surface area contributed by atoms with Crippen LogP contribution in [0, 0.1) is 0 Å². The highest BCUT2D eigenvalue weighted by Gasteiger charge is 2.35. The van der Waals surface area contributed by atoms with Gasteiger partial charge in [0.1, 0.15) is 5.75 Å². The number of methoxy groups -OCH3 is 1. The van der Waals surface area contributed by atoms with Crippen molar-refractivity contribution >= 4 is 20.0 Å². The average Bonchev–Trinajstić information content (AvgIpc) is 3.47. The van der Waals surface area contributed by atoms with Gasteiger partial charge in [0.25, 0.3) is 5.89 Å². The molecule has 3 heterocycles. The Morgan fingerprint density at radius 1 is 0.872 bits per heavy atom. The first-order valence-electron chi connectivity index (χ1n) is 13.3. The lowest BCUT2D eigenvalue weighted by molar-refractivity contribution is 0.246. The molecule has 39 heavy (non-hydrogen) atoms. The van der Waals surface area contributed by atoms with E-state index in [0.29, 0.717) is 55.6 Å². The number of sulfonamides is 2. The summed E-state index contributed by atoms with van der Waals surface area (Å²) in [4.78, 5) is 0.213. The van der Waals surface area contributed by atoms with Crippen LogP contribution in [-0.2, 0) is 20.0 Å². The summed E-state index contributed by atoms with van der Waals surface area (Å²) < 4.78 is 67.5. The Labute approximate surface area is 230 Å². The van der Waals surface area contributed by atoms with Crippen molar-refractivity contribution in [2.75, 3.05) is 26.7 Å². The van der Waals surface area contributed by atoms with Gasteiger partial charge in [-0.25, -0.2) is 16.8 Å². The Morgan fingerprint density at radius 3 is 2.21 bits per heavy atom. The molecule has 12 heteroatoms. The topological polar surface area (TPSA) is 123 Å². The first-order valence-corrected chi connectivity index (χ1v) is 16.2. The Balaban J connectivity index is 1.26. The van der Waals surface area contributed by atoms with Crippen LogP contribution >= 0.6 is 0 Å². The lowest BCUT2D eigenvalue weighted by Crippen LogP contribution is -2.43. The molecule has 1 atom stereocenters. The summed E-state index contributed by atoms with van der Waals surface area (Å²) in [6.07, 6.45) is 4.53. The SMILES string of the molecule is CCC1CCCCN1S(=O)(=O)c1ccc(S(=O)(=O)N2CCC(c3nnc(-c4ccccc4OC)o3)CC2)cc1. The first-order chi connectivity index (χ1) is 18.8. The van der Waals surface area contributed by atoms with E-state index in [-0.39, 0.29) is 21.8 Å². The molecular formula is C27H34N4O6S2. The number of rotatable bonds is 8. The zero-order chi connectivity index (χ0) is 27.6. The molecule has 0 radical (unpaired) electrons. The van der Waals surface area contributed by atoms with Gasteiger partial charge in [-0.05, 0) is 68.5 Å². The zero-order valence-corrected chi connectivity index (χ0v) is 23.8. The van der Waals surface area contributed by atoms with Crippen LogP contribution in [0.5, 0.6) is 5.75 Å². The van der Waals surface area contributed by atoms with Gasteiger partial charge >= 0.3 is 0 Å². The molecule has 0 spiro atoms. The summed E-state index contributed by atoms with van der Waals surface area (Å²) in [6, 6.07) is 13.0. The number of benzene rings is 2. The molecule has 0 aliphatic carbocycles. The fraction of sp³-hybridized carbons (Fsp3) is 0.481. The fourth-order valence-electron chi connectivity index (χ4n) is 5.44. The number of nitrogens with zero attached hydrogens (tertiary/aromatic N) is 4. The Bertz CT molecular complexity index is 1500. The van der Waals surface area contributed by atoms with Crippen molar-refractivity contribution in [1.82, 2.24) is 18.8 Å². The molecule has 10 nitrogen and oxygen atoms in total. The zero-order valence-electron chi connectivity index (χ0n) is 22.2. The van der Waals surface area contributed by atoms with Crippen molar-refractivity contribution in [3.05, 3.63) is 54.4 Å². The van der Waals surface area contributed by atoms with Crippen LogP contribution < -0.4 is 4.74 Å². The predicted octanol–water partition coefficient (Wildman–Crippen LogP) is 4.27.